The minimum absolute atomic E-state index is 0.768. The number of hydrogen-bond donors (Lipinski definition) is 0. The smallest absolute Gasteiger partial charge is 0.367 e. The highest BCUT2D eigenvalue weighted by Gasteiger charge is 2.37. The Balaban J connectivity index is 3.10. The van der Waals surface area contributed by atoms with Crippen molar-refractivity contribution < 1.29 is 26.6 Å². The molecule has 0 aliphatic carbocycles. The topological polar surface area (TPSA) is 55.4 Å². The largest absolute Gasteiger partial charge is 0.591 e. The molecule has 0 amide bonds. The van der Waals surface area contributed by atoms with Gasteiger partial charge in [-0.3, -0.25) is 0 Å². The summed E-state index contributed by atoms with van der Waals surface area (Å²) in [5, 5.41) is 0. The molecule has 0 saturated carbocycles. The molecular weight excluding hydrogens is 344 g/mol. The summed E-state index contributed by atoms with van der Waals surface area (Å²) in [6, 6.07) is 7.44. The van der Waals surface area contributed by atoms with E-state index in [2.05, 4.69) is 22.9 Å². The first kappa shape index (κ1) is 20.6. The molecule has 1 rings (SSSR count). The summed E-state index contributed by atoms with van der Waals surface area (Å²) in [6.45, 7) is 0. The van der Waals surface area contributed by atoms with E-state index in [1.165, 1.54) is 42.7 Å². The molecule has 130 valence electrons. The number of rotatable bonds is 6. The van der Waals surface area contributed by atoms with Gasteiger partial charge in [0, 0.05) is 53.8 Å². The maximum Gasteiger partial charge on any atom is 0.591 e. The third-order valence-corrected chi connectivity index (χ3v) is 7.28. The second kappa shape index (κ2) is 9.74. The summed E-state index contributed by atoms with van der Waals surface area (Å²) in [5.74, 6) is 6.01. The first-order valence-electron chi connectivity index (χ1n) is 7.00. The lowest BCUT2D eigenvalue weighted by Gasteiger charge is -2.17. The molecule has 0 fully saturated rings. The van der Waals surface area contributed by atoms with Crippen molar-refractivity contribution in [3.8, 4) is 22.9 Å². The van der Waals surface area contributed by atoms with Crippen LogP contribution in [0.15, 0.2) is 24.3 Å². The fourth-order valence-corrected chi connectivity index (χ4v) is 3.99. The van der Waals surface area contributed by atoms with E-state index >= 15 is 0 Å². The second-order valence-corrected chi connectivity index (χ2v) is 9.59. The van der Waals surface area contributed by atoms with Gasteiger partial charge < -0.3 is 26.6 Å². The molecule has 0 spiro atoms. The maximum atomic E-state index is 5.27. The highest BCUT2D eigenvalue weighted by Crippen LogP contribution is 2.08. The second-order valence-electron chi connectivity index (χ2n) is 4.42. The third kappa shape index (κ3) is 5.28. The minimum Gasteiger partial charge on any atom is -0.367 e. The fraction of sp³-hybridized carbons (Fsp3) is 0.375. The Morgan fingerprint density at radius 1 is 0.625 bits per heavy atom. The molecule has 1 aromatic rings. The van der Waals surface area contributed by atoms with Crippen LogP contribution in [0.25, 0.3) is 0 Å². The fourth-order valence-electron chi connectivity index (χ4n) is 1.78. The molecule has 1 aromatic carbocycles. The lowest BCUT2D eigenvalue weighted by Crippen LogP contribution is -2.41. The van der Waals surface area contributed by atoms with Gasteiger partial charge in [-0.1, -0.05) is 17.9 Å². The maximum absolute atomic E-state index is 5.27. The molecule has 8 heteroatoms. The Bertz CT molecular complexity index is 578. The average Bonchev–Trinajstić information content (AvgIpc) is 2.65. The monoisotopic (exact) mass is 366 g/mol. The lowest BCUT2D eigenvalue weighted by atomic mass is 10.1. The first-order valence-corrected chi connectivity index (χ1v) is 10.4. The normalized spacial score (nSPS) is 11.2. The molecule has 6 nitrogen and oxygen atoms in total. The quantitative estimate of drug-likeness (QED) is 0.557. The van der Waals surface area contributed by atoms with Gasteiger partial charge in [-0.15, -0.1) is 0 Å². The highest BCUT2D eigenvalue weighted by atomic mass is 28.4. The molecule has 0 N–H and O–H groups in total. The van der Waals surface area contributed by atoms with E-state index in [1.54, 1.807) is 0 Å². The molecule has 0 radical (unpaired) electrons. The predicted molar refractivity (Wildman–Crippen MR) is 93.8 cm³/mol. The SMILES string of the molecule is CO[Si](C#Cc1cccc(C#C[Si](OC)(OC)OC)c1)(OC)OC. The van der Waals surface area contributed by atoms with E-state index in [9.17, 15) is 0 Å². The zero-order chi connectivity index (χ0) is 18.1. The molecule has 0 saturated heterocycles. The van der Waals surface area contributed by atoms with Crippen molar-refractivity contribution in [3.05, 3.63) is 35.4 Å². The molecule has 24 heavy (non-hydrogen) atoms. The minimum atomic E-state index is -2.93. The van der Waals surface area contributed by atoms with E-state index in [1.807, 2.05) is 24.3 Å². The average molecular weight is 367 g/mol. The summed E-state index contributed by atoms with van der Waals surface area (Å²) in [5.41, 5.74) is 7.42. The van der Waals surface area contributed by atoms with Crippen LogP contribution in [-0.2, 0) is 26.6 Å². The summed E-state index contributed by atoms with van der Waals surface area (Å²) < 4.78 is 31.6. The van der Waals surface area contributed by atoms with Crippen LogP contribution in [0, 0.1) is 22.9 Å². The number of hydrogen-bond acceptors (Lipinski definition) is 6. The Hall–Kier alpha value is -1.47. The van der Waals surface area contributed by atoms with Gasteiger partial charge in [-0.25, -0.2) is 0 Å². The van der Waals surface area contributed by atoms with Crippen LogP contribution < -0.4 is 0 Å². The van der Waals surface area contributed by atoms with Gasteiger partial charge in [0.25, 0.3) is 0 Å². The van der Waals surface area contributed by atoms with Crippen molar-refractivity contribution in [2.45, 2.75) is 0 Å². The Morgan fingerprint density at radius 2 is 0.958 bits per heavy atom. The van der Waals surface area contributed by atoms with Gasteiger partial charge >= 0.3 is 17.6 Å². The van der Waals surface area contributed by atoms with Gasteiger partial charge in [0.05, 0.1) is 0 Å². The molecule has 0 aromatic heterocycles. The van der Waals surface area contributed by atoms with Gasteiger partial charge in [0.1, 0.15) is 0 Å². The van der Waals surface area contributed by atoms with E-state index in [-0.39, 0.29) is 0 Å². The zero-order valence-electron chi connectivity index (χ0n) is 14.8. The van der Waals surface area contributed by atoms with Crippen molar-refractivity contribution in [1.29, 1.82) is 0 Å². The van der Waals surface area contributed by atoms with Gasteiger partial charge in [0.15, 0.2) is 0 Å². The van der Waals surface area contributed by atoms with E-state index < -0.39 is 17.6 Å². The summed E-state index contributed by atoms with van der Waals surface area (Å²) in [7, 11) is 3.22. The standard InChI is InChI=1S/C16H22O6Si2/c1-17-23(18-2,19-3)12-10-15-8-7-9-16(14-15)11-13-24(20-4,21-5)22-6/h7-9,14H,1-6H3. The Labute approximate surface area is 145 Å². The van der Waals surface area contributed by atoms with Crippen molar-refractivity contribution >= 4 is 17.6 Å². The van der Waals surface area contributed by atoms with Crippen molar-refractivity contribution in [2.24, 2.45) is 0 Å². The van der Waals surface area contributed by atoms with Crippen LogP contribution in [0.4, 0.5) is 0 Å². The molecule has 0 heterocycles. The summed E-state index contributed by atoms with van der Waals surface area (Å²) in [6.07, 6.45) is 0. The predicted octanol–water partition coefficient (Wildman–Crippen LogP) is 1.22. The molecule has 0 bridgehead atoms. The molecule has 0 atom stereocenters. The third-order valence-electron chi connectivity index (χ3n) is 3.19. The molecule has 0 aliphatic heterocycles. The zero-order valence-corrected chi connectivity index (χ0v) is 16.8. The Kier molecular flexibility index (Phi) is 8.35. The van der Waals surface area contributed by atoms with E-state index in [4.69, 9.17) is 26.6 Å². The molecular formula is C16H22O6Si2. The van der Waals surface area contributed by atoms with E-state index in [0.29, 0.717) is 0 Å². The van der Waals surface area contributed by atoms with Crippen molar-refractivity contribution in [2.75, 3.05) is 42.7 Å². The van der Waals surface area contributed by atoms with Gasteiger partial charge in [-0.2, -0.15) is 0 Å². The van der Waals surface area contributed by atoms with Crippen LogP contribution in [0.3, 0.4) is 0 Å². The van der Waals surface area contributed by atoms with Crippen LogP contribution in [0.1, 0.15) is 11.1 Å². The van der Waals surface area contributed by atoms with Crippen LogP contribution in [-0.4, -0.2) is 60.3 Å². The molecule has 0 unspecified atom stereocenters. The van der Waals surface area contributed by atoms with Crippen molar-refractivity contribution in [1.82, 2.24) is 0 Å². The van der Waals surface area contributed by atoms with Crippen LogP contribution in [0.5, 0.6) is 0 Å². The van der Waals surface area contributed by atoms with Gasteiger partial charge in [-0.05, 0) is 29.3 Å². The highest BCUT2D eigenvalue weighted by molar-refractivity contribution is 6.70. The summed E-state index contributed by atoms with van der Waals surface area (Å²) in [4.78, 5) is 0. The Morgan fingerprint density at radius 3 is 1.25 bits per heavy atom. The lowest BCUT2D eigenvalue weighted by molar-refractivity contribution is 0.141. The number of benzene rings is 1. The summed E-state index contributed by atoms with van der Waals surface area (Å²) >= 11 is 0. The molecule has 0 aliphatic rings. The van der Waals surface area contributed by atoms with Crippen LogP contribution in [0.2, 0.25) is 0 Å². The van der Waals surface area contributed by atoms with Gasteiger partial charge in [0.2, 0.25) is 0 Å². The first-order chi connectivity index (χ1) is 11.5. The van der Waals surface area contributed by atoms with E-state index in [0.717, 1.165) is 11.1 Å². The van der Waals surface area contributed by atoms with Crippen molar-refractivity contribution in [3.63, 3.8) is 0 Å². The van der Waals surface area contributed by atoms with Crippen LogP contribution >= 0.6 is 0 Å².